The van der Waals surface area contributed by atoms with Gasteiger partial charge in [0, 0.05) is 19.3 Å². The largest absolute Gasteiger partial charge is 0.497 e. The average molecular weight is 436 g/mol. The molecule has 172 valence electrons. The minimum absolute atomic E-state index is 0.0153. The van der Waals surface area contributed by atoms with Crippen molar-refractivity contribution < 1.29 is 29.0 Å². The molecule has 0 saturated heterocycles. The fourth-order valence-electron chi connectivity index (χ4n) is 3.02. The number of hydrogen-bond acceptors (Lipinski definition) is 5. The van der Waals surface area contributed by atoms with Crippen molar-refractivity contribution in [3.8, 4) is 5.75 Å². The highest BCUT2D eigenvalue weighted by atomic mass is 16.5. The van der Waals surface area contributed by atoms with Crippen molar-refractivity contribution >= 4 is 23.7 Å². The maximum Gasteiger partial charge on any atom is 0.303 e. The molecule has 5 N–H and O–H groups in total. The third-order valence-corrected chi connectivity index (χ3v) is 4.66. The third-order valence-electron chi connectivity index (χ3n) is 4.66. The van der Waals surface area contributed by atoms with Gasteiger partial charge in [-0.15, -0.1) is 0 Å². The van der Waals surface area contributed by atoms with Crippen LogP contribution in [-0.2, 0) is 25.6 Å². The van der Waals surface area contributed by atoms with Crippen molar-refractivity contribution in [1.29, 1.82) is 0 Å². The number of hydrogen-bond donors (Lipinski definition) is 4. The van der Waals surface area contributed by atoms with Gasteiger partial charge in [-0.2, -0.15) is 0 Å². The average Bonchev–Trinajstić information content (AvgIpc) is 2.70. The number of amides is 3. The quantitative estimate of drug-likeness (QED) is 0.325. The Bertz CT molecular complexity index is 748. The number of carbonyl (C=O) groups excluding carboxylic acids is 3. The van der Waals surface area contributed by atoms with Gasteiger partial charge in [-0.3, -0.25) is 19.2 Å². The van der Waals surface area contributed by atoms with Crippen LogP contribution < -0.4 is 21.1 Å². The first-order valence-electron chi connectivity index (χ1n) is 10.4. The SMILES string of the molecule is COc1ccc(C[C@H](NC(=O)CCCCC(=O)O)C(=O)N[C@@H](CC(C)C)C(N)=O)cc1. The van der Waals surface area contributed by atoms with E-state index in [9.17, 15) is 19.2 Å². The predicted octanol–water partition coefficient (Wildman–Crippen LogP) is 1.38. The van der Waals surface area contributed by atoms with E-state index in [-0.39, 0.29) is 31.1 Å². The molecule has 0 unspecified atom stereocenters. The van der Waals surface area contributed by atoms with Crippen molar-refractivity contribution in [1.82, 2.24) is 10.6 Å². The molecule has 0 saturated carbocycles. The van der Waals surface area contributed by atoms with Crippen LogP contribution >= 0.6 is 0 Å². The first-order chi connectivity index (χ1) is 14.6. The van der Waals surface area contributed by atoms with Crippen molar-refractivity contribution in [2.45, 2.75) is 64.5 Å². The summed E-state index contributed by atoms with van der Waals surface area (Å²) in [4.78, 5) is 47.6. The van der Waals surface area contributed by atoms with Crippen LogP contribution in [0.4, 0.5) is 0 Å². The molecule has 0 spiro atoms. The zero-order chi connectivity index (χ0) is 23.4. The molecule has 0 radical (unpaired) electrons. The molecule has 9 nitrogen and oxygen atoms in total. The number of aliphatic carboxylic acids is 1. The van der Waals surface area contributed by atoms with Crippen molar-refractivity contribution in [2.75, 3.05) is 7.11 Å². The topological polar surface area (TPSA) is 148 Å². The Kier molecular flexibility index (Phi) is 11.1. The molecule has 3 amide bonds. The summed E-state index contributed by atoms with van der Waals surface area (Å²) in [5.41, 5.74) is 6.22. The van der Waals surface area contributed by atoms with E-state index in [2.05, 4.69) is 10.6 Å². The van der Waals surface area contributed by atoms with Crippen LogP contribution in [0.5, 0.6) is 5.75 Å². The summed E-state index contributed by atoms with van der Waals surface area (Å²) >= 11 is 0. The normalized spacial score (nSPS) is 12.6. The lowest BCUT2D eigenvalue weighted by Gasteiger charge is -2.23. The van der Waals surface area contributed by atoms with Crippen LogP contribution in [0.25, 0.3) is 0 Å². The molecule has 0 aliphatic rings. The van der Waals surface area contributed by atoms with Crippen molar-refractivity contribution in [3.05, 3.63) is 29.8 Å². The maximum absolute atomic E-state index is 12.9. The number of ether oxygens (including phenoxy) is 1. The van der Waals surface area contributed by atoms with Gasteiger partial charge in [0.2, 0.25) is 17.7 Å². The highest BCUT2D eigenvalue weighted by molar-refractivity contribution is 5.91. The number of benzene rings is 1. The summed E-state index contributed by atoms with van der Waals surface area (Å²) in [5.74, 6) is -1.61. The highest BCUT2D eigenvalue weighted by Crippen LogP contribution is 2.14. The number of methoxy groups -OCH3 is 1. The number of carboxylic acids is 1. The van der Waals surface area contributed by atoms with Gasteiger partial charge in [0.05, 0.1) is 7.11 Å². The van der Waals surface area contributed by atoms with Gasteiger partial charge in [-0.25, -0.2) is 0 Å². The first kappa shape index (κ1) is 25.9. The van der Waals surface area contributed by atoms with E-state index < -0.39 is 29.9 Å². The van der Waals surface area contributed by atoms with Gasteiger partial charge in [0.25, 0.3) is 0 Å². The van der Waals surface area contributed by atoms with E-state index >= 15 is 0 Å². The van der Waals surface area contributed by atoms with E-state index in [1.165, 1.54) is 0 Å². The molecule has 1 rings (SSSR count). The molecule has 0 aliphatic heterocycles. The Morgan fingerprint density at radius 3 is 2.13 bits per heavy atom. The Morgan fingerprint density at radius 1 is 1.00 bits per heavy atom. The lowest BCUT2D eigenvalue weighted by molar-refractivity contribution is -0.137. The van der Waals surface area contributed by atoms with E-state index in [0.717, 1.165) is 5.56 Å². The second-order valence-corrected chi connectivity index (χ2v) is 7.87. The van der Waals surface area contributed by atoms with Gasteiger partial charge >= 0.3 is 5.97 Å². The molecule has 9 heteroatoms. The van der Waals surface area contributed by atoms with Crippen molar-refractivity contribution in [3.63, 3.8) is 0 Å². The standard InChI is InChI=1S/C22H33N3O6/c1-14(2)12-17(21(23)29)25-22(30)18(13-15-8-10-16(31-3)11-9-15)24-19(26)6-4-5-7-20(27)28/h8-11,14,17-18H,4-7,12-13H2,1-3H3,(H2,23,29)(H,24,26)(H,25,30)(H,27,28)/t17-,18-/m0/s1. The lowest BCUT2D eigenvalue weighted by Crippen LogP contribution is -2.54. The molecule has 31 heavy (non-hydrogen) atoms. The molecule has 2 atom stereocenters. The van der Waals surface area contributed by atoms with Crippen LogP contribution in [0.3, 0.4) is 0 Å². The second-order valence-electron chi connectivity index (χ2n) is 7.87. The van der Waals surface area contributed by atoms with E-state index in [4.69, 9.17) is 15.6 Å². The number of unbranched alkanes of at least 4 members (excludes halogenated alkanes) is 1. The number of rotatable bonds is 14. The van der Waals surface area contributed by atoms with Gasteiger partial charge < -0.3 is 26.2 Å². The van der Waals surface area contributed by atoms with Gasteiger partial charge in [-0.05, 0) is 42.9 Å². The summed E-state index contributed by atoms with van der Waals surface area (Å²) in [6, 6.07) is 5.34. The van der Waals surface area contributed by atoms with Gasteiger partial charge in [0.15, 0.2) is 0 Å². The highest BCUT2D eigenvalue weighted by Gasteiger charge is 2.26. The zero-order valence-electron chi connectivity index (χ0n) is 18.3. The molecule has 1 aromatic rings. The number of nitrogens with two attached hydrogens (primary N) is 1. The van der Waals surface area contributed by atoms with Crippen LogP contribution in [-0.4, -0.2) is 48.0 Å². The smallest absolute Gasteiger partial charge is 0.303 e. The van der Waals surface area contributed by atoms with E-state index in [1.54, 1.807) is 31.4 Å². The number of carbonyl (C=O) groups is 4. The number of nitrogens with one attached hydrogen (secondary N) is 2. The van der Waals surface area contributed by atoms with Crippen LogP contribution in [0.2, 0.25) is 0 Å². The third kappa shape index (κ3) is 10.5. The number of carboxylic acid groups (broad SMARTS) is 1. The zero-order valence-corrected chi connectivity index (χ0v) is 18.3. The Labute approximate surface area is 182 Å². The predicted molar refractivity (Wildman–Crippen MR) is 115 cm³/mol. The Morgan fingerprint density at radius 2 is 1.61 bits per heavy atom. The molecular formula is C22H33N3O6. The van der Waals surface area contributed by atoms with Crippen LogP contribution in [0, 0.1) is 5.92 Å². The van der Waals surface area contributed by atoms with E-state index in [1.807, 2.05) is 13.8 Å². The van der Waals surface area contributed by atoms with E-state index in [0.29, 0.717) is 25.0 Å². The minimum atomic E-state index is -0.917. The summed E-state index contributed by atoms with van der Waals surface area (Å²) in [7, 11) is 1.55. The molecule has 0 aromatic heterocycles. The number of primary amides is 1. The summed E-state index contributed by atoms with van der Waals surface area (Å²) in [6.07, 6.45) is 1.45. The molecular weight excluding hydrogens is 402 g/mol. The maximum atomic E-state index is 12.9. The monoisotopic (exact) mass is 435 g/mol. The molecule has 0 fully saturated rings. The van der Waals surface area contributed by atoms with Crippen molar-refractivity contribution in [2.24, 2.45) is 11.7 Å². The van der Waals surface area contributed by atoms with Crippen LogP contribution in [0.1, 0.15) is 51.5 Å². The fraction of sp³-hybridized carbons (Fsp3) is 0.545. The molecule has 0 heterocycles. The molecule has 0 aliphatic carbocycles. The minimum Gasteiger partial charge on any atom is -0.497 e. The first-order valence-corrected chi connectivity index (χ1v) is 10.4. The second kappa shape index (κ2) is 13.3. The fourth-order valence-corrected chi connectivity index (χ4v) is 3.02. The molecule has 1 aromatic carbocycles. The summed E-state index contributed by atoms with van der Waals surface area (Å²) in [6.45, 7) is 3.83. The Balaban J connectivity index is 2.86. The summed E-state index contributed by atoms with van der Waals surface area (Å²) in [5, 5.41) is 14.0. The van der Waals surface area contributed by atoms with Gasteiger partial charge in [0.1, 0.15) is 17.8 Å². The Hall–Kier alpha value is -3.10. The lowest BCUT2D eigenvalue weighted by atomic mass is 10.0. The van der Waals surface area contributed by atoms with Gasteiger partial charge in [-0.1, -0.05) is 26.0 Å². The summed E-state index contributed by atoms with van der Waals surface area (Å²) < 4.78 is 5.13. The molecule has 0 bridgehead atoms. The van der Waals surface area contributed by atoms with Crippen LogP contribution in [0.15, 0.2) is 24.3 Å².